The number of oxime groups is 1. The summed E-state index contributed by atoms with van der Waals surface area (Å²) < 4.78 is 6.00. The molecule has 2 aromatic rings. The van der Waals surface area contributed by atoms with Crippen molar-refractivity contribution in [1.82, 2.24) is 5.16 Å². The highest BCUT2D eigenvalue weighted by atomic mass is 79.9. The van der Waals surface area contributed by atoms with Crippen molar-refractivity contribution in [3.63, 3.8) is 0 Å². The quantitative estimate of drug-likeness (QED) is 0.647. The second kappa shape index (κ2) is 4.57. The normalized spacial score (nSPS) is 20.9. The van der Waals surface area contributed by atoms with E-state index in [1.54, 1.807) is 0 Å². The first-order valence-electron chi connectivity index (χ1n) is 5.72. The number of benzene rings is 1. The van der Waals surface area contributed by atoms with Gasteiger partial charge in [-0.25, -0.2) is 0 Å². The summed E-state index contributed by atoms with van der Waals surface area (Å²) in [5.41, 5.74) is 2.61. The van der Waals surface area contributed by atoms with E-state index in [0.717, 1.165) is 17.7 Å². The Kier molecular flexibility index (Phi) is 2.91. The molecule has 1 N–H and O–H groups in total. The molecule has 18 heavy (non-hydrogen) atoms. The molecular formula is C13H11BrN2O2. The summed E-state index contributed by atoms with van der Waals surface area (Å²) in [7, 11) is 0. The topological polar surface area (TPSA) is 58.6 Å². The molecule has 1 aliphatic rings. The van der Waals surface area contributed by atoms with Crippen LogP contribution in [0.3, 0.4) is 0 Å². The van der Waals surface area contributed by atoms with E-state index in [4.69, 9.17) is 9.73 Å². The van der Waals surface area contributed by atoms with Gasteiger partial charge in [-0.1, -0.05) is 40.6 Å². The fraction of sp³-hybridized carbons (Fsp3) is 0.231. The van der Waals surface area contributed by atoms with Crippen molar-refractivity contribution in [3.05, 3.63) is 51.8 Å². The van der Waals surface area contributed by atoms with Gasteiger partial charge in [0, 0.05) is 5.92 Å². The molecule has 0 amide bonds. The molecule has 92 valence electrons. The molecule has 0 saturated carbocycles. The predicted molar refractivity (Wildman–Crippen MR) is 70.0 cm³/mol. The van der Waals surface area contributed by atoms with Crippen LogP contribution in [0.4, 0.5) is 0 Å². The second-order valence-corrected chi connectivity index (χ2v) is 5.01. The van der Waals surface area contributed by atoms with Crippen LogP contribution in [0, 0.1) is 0 Å². The van der Waals surface area contributed by atoms with Crippen LogP contribution in [0.25, 0.3) is 0 Å². The third-order valence-electron chi connectivity index (χ3n) is 3.27. The third-order valence-corrected chi connectivity index (χ3v) is 3.82. The molecule has 0 aliphatic heterocycles. The zero-order valence-electron chi connectivity index (χ0n) is 9.51. The van der Waals surface area contributed by atoms with Gasteiger partial charge in [-0.3, -0.25) is 0 Å². The van der Waals surface area contributed by atoms with Crippen LogP contribution in [0.5, 0.6) is 0 Å². The van der Waals surface area contributed by atoms with Crippen molar-refractivity contribution in [3.8, 4) is 0 Å². The summed E-state index contributed by atoms with van der Waals surface area (Å²) in [4.78, 5) is 0. The van der Waals surface area contributed by atoms with Crippen molar-refractivity contribution in [2.24, 2.45) is 5.16 Å². The Balaban J connectivity index is 2.11. The lowest BCUT2D eigenvalue weighted by molar-refractivity contribution is 0.315. The van der Waals surface area contributed by atoms with Crippen LogP contribution in [-0.2, 0) is 0 Å². The average Bonchev–Trinajstić information content (AvgIpc) is 2.81. The Bertz CT molecular complexity index is 592. The molecule has 1 aromatic heterocycles. The minimum absolute atomic E-state index is 0.172. The van der Waals surface area contributed by atoms with Gasteiger partial charge >= 0.3 is 0 Å². The van der Waals surface area contributed by atoms with Gasteiger partial charge in [-0.05, 0) is 34.3 Å². The second-order valence-electron chi connectivity index (χ2n) is 4.26. The summed E-state index contributed by atoms with van der Waals surface area (Å²) in [5, 5.41) is 16.3. The van der Waals surface area contributed by atoms with E-state index in [0.29, 0.717) is 16.7 Å². The van der Waals surface area contributed by atoms with Crippen LogP contribution in [-0.4, -0.2) is 16.1 Å². The highest BCUT2D eigenvalue weighted by Gasteiger charge is 2.32. The molecule has 0 saturated heterocycles. The highest BCUT2D eigenvalue weighted by molar-refractivity contribution is 9.10. The highest BCUT2D eigenvalue weighted by Crippen LogP contribution is 2.39. The molecule has 0 radical (unpaired) electrons. The number of hydrogen-bond donors (Lipinski definition) is 1. The molecule has 1 aliphatic carbocycles. The fourth-order valence-corrected chi connectivity index (χ4v) is 2.92. The third kappa shape index (κ3) is 1.75. The van der Waals surface area contributed by atoms with Crippen molar-refractivity contribution in [1.29, 1.82) is 0 Å². The van der Waals surface area contributed by atoms with E-state index in [1.807, 2.05) is 18.2 Å². The molecule has 1 aromatic carbocycles. The lowest BCUT2D eigenvalue weighted by Crippen LogP contribution is -2.16. The maximum absolute atomic E-state index is 9.04. The molecule has 5 heteroatoms. The Morgan fingerprint density at radius 2 is 2.11 bits per heavy atom. The van der Waals surface area contributed by atoms with E-state index < -0.39 is 0 Å². The molecule has 0 fully saturated rings. The van der Waals surface area contributed by atoms with Gasteiger partial charge in [0.25, 0.3) is 0 Å². The lowest BCUT2D eigenvalue weighted by Gasteiger charge is -2.21. The molecule has 3 rings (SSSR count). The number of nitrogens with zero attached hydrogens (tertiary/aromatic N) is 2. The summed E-state index contributed by atoms with van der Waals surface area (Å²) in [5.74, 6) is 0.942. The first-order chi connectivity index (χ1) is 8.81. The Hall–Kier alpha value is -1.62. The Labute approximate surface area is 112 Å². The van der Waals surface area contributed by atoms with Gasteiger partial charge in [0.1, 0.15) is 0 Å². The Morgan fingerprint density at radius 3 is 2.83 bits per heavy atom. The monoisotopic (exact) mass is 306 g/mol. The number of rotatable bonds is 1. The van der Waals surface area contributed by atoms with Crippen LogP contribution in [0.1, 0.15) is 35.6 Å². The van der Waals surface area contributed by atoms with Crippen molar-refractivity contribution < 1.29 is 9.73 Å². The number of fused-ring (bicyclic) bond motifs is 1. The lowest BCUT2D eigenvalue weighted by atomic mass is 9.83. The van der Waals surface area contributed by atoms with E-state index in [-0.39, 0.29) is 5.92 Å². The molecule has 1 atom stereocenters. The number of hydrogen-bond acceptors (Lipinski definition) is 4. The minimum Gasteiger partial charge on any atom is -0.411 e. The van der Waals surface area contributed by atoms with Crippen LogP contribution in [0.15, 0.2) is 44.6 Å². The summed E-state index contributed by atoms with van der Waals surface area (Å²) in [6.07, 6.45) is 1.57. The van der Waals surface area contributed by atoms with Crippen LogP contribution < -0.4 is 0 Å². The number of aromatic nitrogens is 1. The zero-order valence-corrected chi connectivity index (χ0v) is 11.1. The summed E-state index contributed by atoms with van der Waals surface area (Å²) in [6.45, 7) is 0. The first-order valence-corrected chi connectivity index (χ1v) is 6.52. The van der Waals surface area contributed by atoms with Gasteiger partial charge in [-0.15, -0.1) is 0 Å². The van der Waals surface area contributed by atoms with Gasteiger partial charge in [0.2, 0.25) is 0 Å². The molecular weight excluding hydrogens is 296 g/mol. The molecule has 1 unspecified atom stereocenters. The van der Waals surface area contributed by atoms with Gasteiger partial charge in [-0.2, -0.15) is 0 Å². The molecule has 4 nitrogen and oxygen atoms in total. The van der Waals surface area contributed by atoms with Crippen LogP contribution >= 0.6 is 15.9 Å². The van der Waals surface area contributed by atoms with E-state index in [9.17, 15) is 0 Å². The SMILES string of the molecule is O/N=C1/CCC(c2ccccc2)c2onc(Br)c21. The van der Waals surface area contributed by atoms with Crippen molar-refractivity contribution in [2.75, 3.05) is 0 Å². The minimum atomic E-state index is 0.172. The maximum atomic E-state index is 9.04. The maximum Gasteiger partial charge on any atom is 0.158 e. The van der Waals surface area contributed by atoms with E-state index in [2.05, 4.69) is 38.4 Å². The molecule has 1 heterocycles. The summed E-state index contributed by atoms with van der Waals surface area (Å²) >= 11 is 3.34. The van der Waals surface area contributed by atoms with E-state index >= 15 is 0 Å². The van der Waals surface area contributed by atoms with Crippen molar-refractivity contribution in [2.45, 2.75) is 18.8 Å². The predicted octanol–water partition coefficient (Wildman–Crippen LogP) is 3.54. The zero-order chi connectivity index (χ0) is 12.5. The molecule has 0 bridgehead atoms. The van der Waals surface area contributed by atoms with E-state index in [1.165, 1.54) is 5.56 Å². The summed E-state index contributed by atoms with van der Waals surface area (Å²) in [6, 6.07) is 10.2. The Morgan fingerprint density at radius 1 is 1.33 bits per heavy atom. The average molecular weight is 307 g/mol. The standard InChI is InChI=1S/C13H11BrN2O2/c14-13-11-10(15-17)7-6-9(12(11)18-16-13)8-4-2-1-3-5-8/h1-5,9,17H,6-7H2/b15-10-. The van der Waals surface area contributed by atoms with Crippen molar-refractivity contribution >= 4 is 21.6 Å². The van der Waals surface area contributed by atoms with Gasteiger partial charge < -0.3 is 9.73 Å². The van der Waals surface area contributed by atoms with Gasteiger partial charge in [0.15, 0.2) is 10.4 Å². The van der Waals surface area contributed by atoms with Crippen LogP contribution in [0.2, 0.25) is 0 Å². The first kappa shape index (κ1) is 11.5. The fourth-order valence-electron chi connectivity index (χ4n) is 2.42. The largest absolute Gasteiger partial charge is 0.411 e. The van der Waals surface area contributed by atoms with Gasteiger partial charge in [0.05, 0.1) is 11.3 Å². The smallest absolute Gasteiger partial charge is 0.158 e. The molecule has 0 spiro atoms. The number of halogens is 1.